The van der Waals surface area contributed by atoms with Crippen molar-refractivity contribution in [3.63, 3.8) is 0 Å². The van der Waals surface area contributed by atoms with Crippen LogP contribution in [0.15, 0.2) is 9.59 Å². The smallest absolute Gasteiger partial charge is 0.246 e. The van der Waals surface area contributed by atoms with Crippen molar-refractivity contribution < 1.29 is 0 Å². The van der Waals surface area contributed by atoms with Crippen molar-refractivity contribution in [2.45, 2.75) is 65.1 Å². The van der Waals surface area contributed by atoms with Crippen LogP contribution in [0.1, 0.15) is 65.1 Å². The minimum atomic E-state index is 0.0240. The van der Waals surface area contributed by atoms with E-state index in [1.165, 1.54) is 6.42 Å². The van der Waals surface area contributed by atoms with Gasteiger partial charge in [-0.3, -0.25) is 0 Å². The molecular formula is C21H27N3O2. The molecule has 8 aliphatic rings. The summed E-state index contributed by atoms with van der Waals surface area (Å²) in [6, 6.07) is 0.748. The Bertz CT molecular complexity index is 1060. The number of hydrogen-bond donors (Lipinski definition) is 0. The normalized spacial score (nSPS) is 62.7. The highest BCUT2D eigenvalue weighted by Gasteiger charge is 2.95. The minimum Gasteiger partial charge on any atom is -0.246 e. The molecule has 2 aliphatic heterocycles. The lowest BCUT2D eigenvalue weighted by molar-refractivity contribution is 0.0636. The van der Waals surface area contributed by atoms with Gasteiger partial charge in [0.25, 0.3) is 0 Å². The second kappa shape index (κ2) is 3.22. The lowest BCUT2D eigenvalue weighted by atomic mass is 9.69. The largest absolute Gasteiger partial charge is 0.347 e. The first-order chi connectivity index (χ1) is 12.3. The first-order valence-corrected chi connectivity index (χ1v) is 10.7. The molecule has 0 aromatic carbocycles. The summed E-state index contributed by atoms with van der Waals surface area (Å²) in [7, 11) is 0. The second-order valence-corrected chi connectivity index (χ2v) is 11.8. The van der Waals surface area contributed by atoms with Crippen molar-refractivity contribution in [3.05, 3.63) is 21.0 Å². The summed E-state index contributed by atoms with van der Waals surface area (Å²) in [4.78, 5) is 27.2. The maximum absolute atomic E-state index is 13.6. The van der Waals surface area contributed by atoms with Crippen molar-refractivity contribution in [1.29, 1.82) is 0 Å². The van der Waals surface area contributed by atoms with Gasteiger partial charge in [-0.2, -0.15) is 0 Å². The van der Waals surface area contributed by atoms with Gasteiger partial charge in [-0.25, -0.2) is 23.5 Å². The van der Waals surface area contributed by atoms with Gasteiger partial charge in [-0.05, 0) is 71.0 Å². The Balaban J connectivity index is 1.38. The molecule has 5 nitrogen and oxygen atoms in total. The lowest BCUT2D eigenvalue weighted by Gasteiger charge is -2.41. The minimum absolute atomic E-state index is 0.0240. The summed E-state index contributed by atoms with van der Waals surface area (Å²) in [5.41, 5.74) is 0.665. The average molecular weight is 353 g/mol. The van der Waals surface area contributed by atoms with E-state index in [9.17, 15) is 9.59 Å². The second-order valence-electron chi connectivity index (χ2n) is 11.8. The van der Waals surface area contributed by atoms with E-state index in [1.807, 2.05) is 9.36 Å². The van der Waals surface area contributed by atoms with Gasteiger partial charge in [-0.1, -0.05) is 27.7 Å². The van der Waals surface area contributed by atoms with E-state index in [-0.39, 0.29) is 28.3 Å². The Morgan fingerprint density at radius 1 is 0.923 bits per heavy atom. The molecule has 0 radical (unpaired) electrons. The molecule has 1 aromatic rings. The Morgan fingerprint density at radius 3 is 2.23 bits per heavy atom. The highest BCUT2D eigenvalue weighted by Crippen LogP contribution is 2.96. The SMILES string of the molecule is CC1(C)[C@@H]2CC[C@]1(C)[C@H](n1c(=O)n3n(c1=O)[C@@H]1[C@H]4[C@H]5[C@H]4[C@@H]4[C@H]([C@@H]53)[C@@]41C)C2. The molecule has 4 bridgehead atoms. The van der Waals surface area contributed by atoms with Crippen LogP contribution in [0.3, 0.4) is 0 Å². The van der Waals surface area contributed by atoms with E-state index < -0.39 is 0 Å². The summed E-state index contributed by atoms with van der Waals surface area (Å²) in [6.45, 7) is 9.47. The Hall–Kier alpha value is -1.26. The number of fused-ring (bicyclic) bond motifs is 2. The third-order valence-corrected chi connectivity index (χ3v) is 11.7. The van der Waals surface area contributed by atoms with E-state index >= 15 is 0 Å². The highest BCUT2D eigenvalue weighted by atomic mass is 16.2. The first kappa shape index (κ1) is 13.8. The van der Waals surface area contributed by atoms with Crippen molar-refractivity contribution in [2.24, 2.45) is 51.8 Å². The van der Waals surface area contributed by atoms with Crippen LogP contribution in [0, 0.1) is 51.8 Å². The van der Waals surface area contributed by atoms with Crippen LogP contribution < -0.4 is 11.4 Å². The van der Waals surface area contributed by atoms with E-state index in [0.717, 1.165) is 30.6 Å². The van der Waals surface area contributed by atoms with Gasteiger partial charge in [0, 0.05) is 6.04 Å². The van der Waals surface area contributed by atoms with Gasteiger partial charge < -0.3 is 0 Å². The third-order valence-electron chi connectivity index (χ3n) is 11.7. The summed E-state index contributed by atoms with van der Waals surface area (Å²) >= 11 is 0. The van der Waals surface area contributed by atoms with Crippen LogP contribution in [-0.4, -0.2) is 13.9 Å². The molecule has 5 heteroatoms. The molecular weight excluding hydrogens is 326 g/mol. The van der Waals surface area contributed by atoms with Gasteiger partial charge in [0.15, 0.2) is 0 Å². The highest BCUT2D eigenvalue weighted by molar-refractivity contribution is 5.42. The lowest BCUT2D eigenvalue weighted by Crippen LogP contribution is -2.48. The molecule has 6 fully saturated rings. The maximum atomic E-state index is 13.6. The number of nitrogens with zero attached hydrogens (tertiary/aromatic N) is 3. The molecule has 0 spiro atoms. The topological polar surface area (TPSA) is 48.9 Å². The molecule has 9 rings (SSSR count). The van der Waals surface area contributed by atoms with Crippen molar-refractivity contribution in [3.8, 4) is 0 Å². The maximum Gasteiger partial charge on any atom is 0.347 e. The third kappa shape index (κ3) is 0.926. The number of aromatic nitrogens is 3. The van der Waals surface area contributed by atoms with Crippen molar-refractivity contribution >= 4 is 0 Å². The molecule has 0 N–H and O–H groups in total. The van der Waals surface area contributed by atoms with Crippen LogP contribution in [0.2, 0.25) is 0 Å². The van der Waals surface area contributed by atoms with Crippen molar-refractivity contribution in [2.75, 3.05) is 0 Å². The van der Waals surface area contributed by atoms with E-state index in [0.29, 0.717) is 35.3 Å². The van der Waals surface area contributed by atoms with Crippen LogP contribution in [0.5, 0.6) is 0 Å². The zero-order valence-electron chi connectivity index (χ0n) is 16.0. The monoisotopic (exact) mass is 353 g/mol. The molecule has 26 heavy (non-hydrogen) atoms. The quantitative estimate of drug-likeness (QED) is 0.779. The van der Waals surface area contributed by atoms with Crippen LogP contribution >= 0.6 is 0 Å². The predicted molar refractivity (Wildman–Crippen MR) is 94.8 cm³/mol. The standard InChI is InChI=1S/C21H27N3O2/c1-19(2)8-5-6-20(19,3)9(7-8)22-17(25)23-15-11-10-12(11)16(24(23)18(22)26)21(4)13(10)14(15)21/h8-16H,5-7H2,1-4H3/t8-,9-,10-,11-,12-,13-,14-,15-,16-,20-,21-/m1/s1. The first-order valence-electron chi connectivity index (χ1n) is 10.7. The van der Waals surface area contributed by atoms with Gasteiger partial charge in [0.2, 0.25) is 0 Å². The molecule has 1 aromatic heterocycles. The number of rotatable bonds is 1. The van der Waals surface area contributed by atoms with Crippen LogP contribution in [0.4, 0.5) is 0 Å². The van der Waals surface area contributed by atoms with E-state index in [2.05, 4.69) is 27.7 Å². The van der Waals surface area contributed by atoms with Crippen LogP contribution in [0.25, 0.3) is 0 Å². The van der Waals surface area contributed by atoms with Crippen molar-refractivity contribution in [1.82, 2.24) is 13.9 Å². The predicted octanol–water partition coefficient (Wildman–Crippen LogP) is 2.44. The molecule has 11 atom stereocenters. The fourth-order valence-electron chi connectivity index (χ4n) is 10.2. The Morgan fingerprint density at radius 2 is 1.65 bits per heavy atom. The Kier molecular flexibility index (Phi) is 1.71. The summed E-state index contributed by atoms with van der Waals surface area (Å²) in [5.74, 6) is 4.40. The molecule has 0 saturated heterocycles. The molecule has 138 valence electrons. The molecule has 6 aliphatic carbocycles. The molecule has 0 amide bonds. The van der Waals surface area contributed by atoms with E-state index in [1.54, 1.807) is 4.57 Å². The van der Waals surface area contributed by atoms with Gasteiger partial charge in [0.1, 0.15) is 0 Å². The van der Waals surface area contributed by atoms with Gasteiger partial charge in [-0.15, -0.1) is 0 Å². The Labute approximate surface area is 152 Å². The summed E-state index contributed by atoms with van der Waals surface area (Å²) < 4.78 is 5.67. The van der Waals surface area contributed by atoms with E-state index in [4.69, 9.17) is 0 Å². The summed E-state index contributed by atoms with van der Waals surface area (Å²) in [6.07, 6.45) is 3.41. The zero-order chi connectivity index (χ0) is 17.7. The van der Waals surface area contributed by atoms with Crippen LogP contribution in [-0.2, 0) is 0 Å². The molecule has 3 heterocycles. The summed E-state index contributed by atoms with van der Waals surface area (Å²) in [5, 5.41) is 0. The fourth-order valence-corrected chi connectivity index (χ4v) is 10.2. The molecule has 6 saturated carbocycles. The van der Waals surface area contributed by atoms with Gasteiger partial charge >= 0.3 is 11.4 Å². The number of hydrogen-bond acceptors (Lipinski definition) is 2. The fraction of sp³-hybridized carbons (Fsp3) is 0.905. The molecule has 0 unspecified atom stereocenters. The average Bonchev–Trinajstić information content (AvgIpc) is 3.26. The zero-order valence-corrected chi connectivity index (χ0v) is 16.0. The van der Waals surface area contributed by atoms with Gasteiger partial charge in [0.05, 0.1) is 12.1 Å².